The summed E-state index contributed by atoms with van der Waals surface area (Å²) in [7, 11) is -1.28. The standard InChI is InChI=1S/C16H23NO4Si/c1-5-20-16(19)14(15(17)18)10-12-6-8-13(9-7-12)21-11-22(2,3)4/h6-10H,5,11H2,1-4H3,(H2,17,18). The van der Waals surface area contributed by atoms with Gasteiger partial charge in [-0.25, -0.2) is 4.79 Å². The van der Waals surface area contributed by atoms with Crippen LogP contribution in [-0.4, -0.2) is 32.8 Å². The molecule has 0 saturated heterocycles. The summed E-state index contributed by atoms with van der Waals surface area (Å²) < 4.78 is 10.5. The Kier molecular flexibility index (Phi) is 6.36. The molecule has 0 aliphatic heterocycles. The van der Waals surface area contributed by atoms with Crippen molar-refractivity contribution in [3.63, 3.8) is 0 Å². The second kappa shape index (κ2) is 7.79. The SMILES string of the molecule is CCOC(=O)C(=Cc1ccc(OC[Si](C)(C)C)cc1)C(N)=O. The Balaban J connectivity index is 2.86. The summed E-state index contributed by atoms with van der Waals surface area (Å²) in [6.45, 7) is 8.53. The van der Waals surface area contributed by atoms with Crippen LogP contribution in [0.1, 0.15) is 12.5 Å². The maximum Gasteiger partial charge on any atom is 0.343 e. The van der Waals surface area contributed by atoms with Gasteiger partial charge in [-0.15, -0.1) is 0 Å². The molecule has 6 heteroatoms. The van der Waals surface area contributed by atoms with Crippen molar-refractivity contribution < 1.29 is 19.1 Å². The van der Waals surface area contributed by atoms with Gasteiger partial charge in [-0.05, 0) is 30.7 Å². The molecule has 1 aromatic carbocycles. The number of esters is 1. The van der Waals surface area contributed by atoms with Crippen LogP contribution in [0.15, 0.2) is 29.8 Å². The largest absolute Gasteiger partial charge is 0.497 e. The van der Waals surface area contributed by atoms with Gasteiger partial charge < -0.3 is 15.2 Å². The van der Waals surface area contributed by atoms with Crippen LogP contribution >= 0.6 is 0 Å². The van der Waals surface area contributed by atoms with Crippen molar-refractivity contribution in [2.75, 3.05) is 12.8 Å². The summed E-state index contributed by atoms with van der Waals surface area (Å²) in [5.74, 6) is -0.761. The molecule has 0 spiro atoms. The quantitative estimate of drug-likeness (QED) is 0.275. The molecule has 0 bridgehead atoms. The van der Waals surface area contributed by atoms with Gasteiger partial charge in [0.25, 0.3) is 5.91 Å². The van der Waals surface area contributed by atoms with E-state index in [0.29, 0.717) is 5.56 Å². The van der Waals surface area contributed by atoms with Gasteiger partial charge in [-0.3, -0.25) is 4.79 Å². The van der Waals surface area contributed by atoms with Gasteiger partial charge in [-0.1, -0.05) is 31.8 Å². The molecule has 1 amide bonds. The lowest BCUT2D eigenvalue weighted by Gasteiger charge is -2.16. The first-order chi connectivity index (χ1) is 10.2. The Morgan fingerprint density at radius 1 is 1.18 bits per heavy atom. The number of benzene rings is 1. The zero-order chi connectivity index (χ0) is 16.8. The van der Waals surface area contributed by atoms with E-state index in [-0.39, 0.29) is 12.2 Å². The molecule has 0 fully saturated rings. The minimum absolute atomic E-state index is 0.169. The predicted octanol–water partition coefficient (Wildman–Crippen LogP) is 2.37. The Hall–Kier alpha value is -2.08. The van der Waals surface area contributed by atoms with Crippen LogP contribution in [0.2, 0.25) is 19.6 Å². The van der Waals surface area contributed by atoms with Crippen molar-refractivity contribution >= 4 is 26.0 Å². The van der Waals surface area contributed by atoms with Gasteiger partial charge in [0.1, 0.15) is 11.3 Å². The Morgan fingerprint density at radius 3 is 2.23 bits per heavy atom. The van der Waals surface area contributed by atoms with Crippen LogP contribution in [0.5, 0.6) is 5.75 Å². The molecule has 120 valence electrons. The number of hydrogen-bond acceptors (Lipinski definition) is 4. The van der Waals surface area contributed by atoms with Crippen molar-refractivity contribution in [3.8, 4) is 5.75 Å². The maximum absolute atomic E-state index is 11.7. The lowest BCUT2D eigenvalue weighted by molar-refractivity contribution is -0.139. The minimum atomic E-state index is -1.28. The second-order valence-corrected chi connectivity index (χ2v) is 11.5. The van der Waals surface area contributed by atoms with Crippen LogP contribution < -0.4 is 10.5 Å². The van der Waals surface area contributed by atoms with E-state index in [9.17, 15) is 9.59 Å². The van der Waals surface area contributed by atoms with Crippen molar-refractivity contribution in [1.82, 2.24) is 0 Å². The van der Waals surface area contributed by atoms with E-state index in [1.165, 1.54) is 6.08 Å². The zero-order valence-corrected chi connectivity index (χ0v) is 14.5. The Labute approximate surface area is 132 Å². The van der Waals surface area contributed by atoms with Gasteiger partial charge in [-0.2, -0.15) is 0 Å². The van der Waals surface area contributed by atoms with Crippen LogP contribution in [0.4, 0.5) is 0 Å². The number of ether oxygens (including phenoxy) is 2. The first kappa shape index (κ1) is 18.0. The highest BCUT2D eigenvalue weighted by Crippen LogP contribution is 2.16. The molecule has 2 N–H and O–H groups in total. The van der Waals surface area contributed by atoms with E-state index in [1.54, 1.807) is 31.2 Å². The Morgan fingerprint density at radius 2 is 1.77 bits per heavy atom. The average Bonchev–Trinajstić information content (AvgIpc) is 2.42. The molecule has 1 rings (SSSR count). The lowest BCUT2D eigenvalue weighted by atomic mass is 10.1. The summed E-state index contributed by atoms with van der Waals surface area (Å²) in [6.07, 6.45) is 2.15. The summed E-state index contributed by atoms with van der Waals surface area (Å²) in [6, 6.07) is 7.13. The summed E-state index contributed by atoms with van der Waals surface area (Å²) >= 11 is 0. The number of carbonyl (C=O) groups excluding carboxylic acids is 2. The Bertz CT molecular complexity index is 559. The van der Waals surface area contributed by atoms with Crippen molar-refractivity contribution in [1.29, 1.82) is 0 Å². The van der Waals surface area contributed by atoms with E-state index in [2.05, 4.69) is 19.6 Å². The molecule has 0 atom stereocenters. The van der Waals surface area contributed by atoms with Crippen LogP contribution in [0, 0.1) is 0 Å². The number of nitrogens with two attached hydrogens (primary N) is 1. The number of primary amides is 1. The van der Waals surface area contributed by atoms with E-state index < -0.39 is 20.0 Å². The highest BCUT2D eigenvalue weighted by Gasteiger charge is 2.17. The predicted molar refractivity (Wildman–Crippen MR) is 89.1 cm³/mol. The van der Waals surface area contributed by atoms with E-state index >= 15 is 0 Å². The molecule has 5 nitrogen and oxygen atoms in total. The fourth-order valence-electron chi connectivity index (χ4n) is 1.57. The number of rotatable bonds is 7. The highest BCUT2D eigenvalue weighted by molar-refractivity contribution is 6.76. The second-order valence-electron chi connectivity index (χ2n) is 6.06. The zero-order valence-electron chi connectivity index (χ0n) is 13.5. The smallest absolute Gasteiger partial charge is 0.343 e. The summed E-state index contributed by atoms with van der Waals surface area (Å²) in [5.41, 5.74) is 5.73. The fraction of sp³-hybridized carbons (Fsp3) is 0.375. The minimum Gasteiger partial charge on any atom is -0.497 e. The first-order valence-corrected chi connectivity index (χ1v) is 10.8. The third-order valence-corrected chi connectivity index (χ3v) is 3.63. The molecule has 0 aliphatic carbocycles. The molecule has 0 aromatic heterocycles. The molecule has 0 radical (unpaired) electrons. The fourth-order valence-corrected chi connectivity index (χ4v) is 2.17. The van der Waals surface area contributed by atoms with E-state index in [1.807, 2.05) is 0 Å². The molecule has 22 heavy (non-hydrogen) atoms. The van der Waals surface area contributed by atoms with Crippen LogP contribution in [-0.2, 0) is 14.3 Å². The van der Waals surface area contributed by atoms with Crippen molar-refractivity contribution in [2.24, 2.45) is 5.73 Å². The van der Waals surface area contributed by atoms with E-state index in [4.69, 9.17) is 15.2 Å². The normalized spacial score (nSPS) is 11.9. The molecule has 0 heterocycles. The molecular weight excluding hydrogens is 298 g/mol. The lowest BCUT2D eigenvalue weighted by Crippen LogP contribution is -2.29. The monoisotopic (exact) mass is 321 g/mol. The number of amides is 1. The molecule has 1 aromatic rings. The van der Waals surface area contributed by atoms with Crippen LogP contribution in [0.3, 0.4) is 0 Å². The topological polar surface area (TPSA) is 78.6 Å². The van der Waals surface area contributed by atoms with Gasteiger partial charge >= 0.3 is 5.97 Å². The van der Waals surface area contributed by atoms with Crippen molar-refractivity contribution in [3.05, 3.63) is 35.4 Å². The molecular formula is C16H23NO4Si. The number of carbonyl (C=O) groups is 2. The van der Waals surface area contributed by atoms with E-state index in [0.717, 1.165) is 12.0 Å². The van der Waals surface area contributed by atoms with Gasteiger partial charge in [0.2, 0.25) is 0 Å². The maximum atomic E-state index is 11.7. The van der Waals surface area contributed by atoms with Crippen LogP contribution in [0.25, 0.3) is 6.08 Å². The highest BCUT2D eigenvalue weighted by atomic mass is 28.3. The number of hydrogen-bond donors (Lipinski definition) is 1. The van der Waals surface area contributed by atoms with Gasteiger partial charge in [0, 0.05) is 0 Å². The third-order valence-electron chi connectivity index (χ3n) is 2.62. The molecule has 0 saturated carbocycles. The average molecular weight is 321 g/mol. The van der Waals surface area contributed by atoms with Crippen molar-refractivity contribution in [2.45, 2.75) is 26.6 Å². The van der Waals surface area contributed by atoms with Gasteiger partial charge in [0.15, 0.2) is 0 Å². The molecule has 0 aliphatic rings. The molecule has 0 unspecified atom stereocenters. The first-order valence-electron chi connectivity index (χ1n) is 7.14. The van der Waals surface area contributed by atoms with Gasteiger partial charge in [0.05, 0.1) is 20.9 Å². The summed E-state index contributed by atoms with van der Waals surface area (Å²) in [5, 5.41) is 0. The summed E-state index contributed by atoms with van der Waals surface area (Å²) in [4.78, 5) is 23.0. The third kappa shape index (κ3) is 6.13.